The normalized spacial score (nSPS) is 25.1. The maximum atomic E-state index is 5.80. The first-order chi connectivity index (χ1) is 9.55. The second-order valence-electron chi connectivity index (χ2n) is 6.42. The van der Waals surface area contributed by atoms with Crippen molar-refractivity contribution in [3.8, 4) is 11.5 Å². The summed E-state index contributed by atoms with van der Waals surface area (Å²) in [6.07, 6.45) is 0.946. The third-order valence-electron chi connectivity index (χ3n) is 4.04. The van der Waals surface area contributed by atoms with Crippen molar-refractivity contribution in [3.63, 3.8) is 0 Å². The van der Waals surface area contributed by atoms with E-state index in [1.807, 2.05) is 6.07 Å². The Morgan fingerprint density at radius 2 is 1.95 bits per heavy atom. The molecule has 1 N–H and O–H groups in total. The summed E-state index contributed by atoms with van der Waals surface area (Å²) < 4.78 is 11.5. The second-order valence-corrected chi connectivity index (χ2v) is 6.42. The lowest BCUT2D eigenvalue weighted by Crippen LogP contribution is -2.61. The molecule has 0 spiro atoms. The first kappa shape index (κ1) is 13.6. The van der Waals surface area contributed by atoms with Crippen LogP contribution in [0.25, 0.3) is 0 Å². The Kier molecular flexibility index (Phi) is 3.50. The first-order valence-electron chi connectivity index (χ1n) is 7.46. The van der Waals surface area contributed by atoms with Crippen molar-refractivity contribution in [3.05, 3.63) is 18.2 Å². The van der Waals surface area contributed by atoms with E-state index in [0.29, 0.717) is 6.04 Å². The third kappa shape index (κ3) is 2.70. The molecule has 0 amide bonds. The van der Waals surface area contributed by atoms with Crippen LogP contribution in [0.4, 0.5) is 5.69 Å². The van der Waals surface area contributed by atoms with Crippen LogP contribution in [-0.4, -0.2) is 37.9 Å². The molecule has 0 aliphatic carbocycles. The molecule has 0 radical (unpaired) electrons. The molecule has 0 aromatic heterocycles. The van der Waals surface area contributed by atoms with Crippen LogP contribution < -0.4 is 19.7 Å². The monoisotopic (exact) mass is 276 g/mol. The summed E-state index contributed by atoms with van der Waals surface area (Å²) in [6, 6.07) is 6.79. The molecule has 1 aromatic rings. The summed E-state index contributed by atoms with van der Waals surface area (Å²) in [5, 5.41) is 3.58. The highest BCUT2D eigenvalue weighted by Gasteiger charge is 2.30. The molecule has 1 aromatic carbocycles. The minimum absolute atomic E-state index is 0.136. The number of nitrogens with one attached hydrogen (secondary N) is 1. The number of hydrogen-bond donors (Lipinski definition) is 1. The van der Waals surface area contributed by atoms with Gasteiger partial charge in [0, 0.05) is 42.8 Å². The Bertz CT molecular complexity index is 487. The maximum Gasteiger partial charge on any atom is 0.163 e. The standard InChI is InChI=1S/C16H24N2O2/c1-12-10-17-16(2,3)11-18(12)13-5-6-14-15(9-13)20-8-4-7-19-14/h5-6,9,12,17H,4,7-8,10-11H2,1-3H3. The van der Waals surface area contributed by atoms with Gasteiger partial charge in [0.05, 0.1) is 13.2 Å². The van der Waals surface area contributed by atoms with Crippen LogP contribution in [0.1, 0.15) is 27.2 Å². The number of nitrogens with zero attached hydrogens (tertiary/aromatic N) is 1. The van der Waals surface area contributed by atoms with E-state index in [1.54, 1.807) is 0 Å². The molecular weight excluding hydrogens is 252 g/mol. The lowest BCUT2D eigenvalue weighted by molar-refractivity contribution is 0.296. The number of benzene rings is 1. The van der Waals surface area contributed by atoms with Crippen LogP contribution in [0.15, 0.2) is 18.2 Å². The van der Waals surface area contributed by atoms with Gasteiger partial charge in [-0.1, -0.05) is 0 Å². The molecule has 4 nitrogen and oxygen atoms in total. The zero-order valence-electron chi connectivity index (χ0n) is 12.6. The Labute approximate surface area is 121 Å². The fourth-order valence-corrected chi connectivity index (χ4v) is 2.85. The molecule has 3 rings (SSSR count). The van der Waals surface area contributed by atoms with Gasteiger partial charge in [-0.2, -0.15) is 0 Å². The van der Waals surface area contributed by atoms with E-state index < -0.39 is 0 Å². The van der Waals surface area contributed by atoms with E-state index in [4.69, 9.17) is 9.47 Å². The number of ether oxygens (including phenoxy) is 2. The van der Waals surface area contributed by atoms with Crippen LogP contribution in [-0.2, 0) is 0 Å². The topological polar surface area (TPSA) is 33.7 Å². The number of piperazine rings is 1. The molecule has 0 saturated carbocycles. The summed E-state index contributed by atoms with van der Waals surface area (Å²) in [7, 11) is 0. The lowest BCUT2D eigenvalue weighted by atomic mass is 9.98. The van der Waals surface area contributed by atoms with Crippen molar-refractivity contribution in [1.82, 2.24) is 5.32 Å². The zero-order chi connectivity index (χ0) is 14.2. The zero-order valence-corrected chi connectivity index (χ0v) is 12.6. The fraction of sp³-hybridized carbons (Fsp3) is 0.625. The number of hydrogen-bond acceptors (Lipinski definition) is 4. The molecular formula is C16H24N2O2. The molecule has 2 aliphatic rings. The van der Waals surface area contributed by atoms with E-state index >= 15 is 0 Å². The van der Waals surface area contributed by atoms with Crippen molar-refractivity contribution in [2.24, 2.45) is 0 Å². The van der Waals surface area contributed by atoms with E-state index in [9.17, 15) is 0 Å². The average molecular weight is 276 g/mol. The van der Waals surface area contributed by atoms with Crippen molar-refractivity contribution in [1.29, 1.82) is 0 Å². The number of anilines is 1. The Morgan fingerprint density at radius 1 is 1.20 bits per heavy atom. The maximum absolute atomic E-state index is 5.80. The van der Waals surface area contributed by atoms with Crippen LogP contribution in [0.3, 0.4) is 0 Å². The van der Waals surface area contributed by atoms with Gasteiger partial charge in [0.1, 0.15) is 0 Å². The van der Waals surface area contributed by atoms with Crippen LogP contribution in [0, 0.1) is 0 Å². The molecule has 110 valence electrons. The summed E-state index contributed by atoms with van der Waals surface area (Å²) in [5.74, 6) is 1.75. The van der Waals surface area contributed by atoms with Gasteiger partial charge in [-0.05, 0) is 32.9 Å². The fourth-order valence-electron chi connectivity index (χ4n) is 2.85. The van der Waals surface area contributed by atoms with Crippen molar-refractivity contribution >= 4 is 5.69 Å². The predicted molar refractivity (Wildman–Crippen MR) is 80.9 cm³/mol. The number of rotatable bonds is 1. The van der Waals surface area contributed by atoms with Gasteiger partial charge in [0.15, 0.2) is 11.5 Å². The first-order valence-corrected chi connectivity index (χ1v) is 7.46. The van der Waals surface area contributed by atoms with Gasteiger partial charge in [-0.15, -0.1) is 0 Å². The van der Waals surface area contributed by atoms with Gasteiger partial charge in [0.25, 0.3) is 0 Å². The van der Waals surface area contributed by atoms with E-state index in [-0.39, 0.29) is 5.54 Å². The highest BCUT2D eigenvalue weighted by atomic mass is 16.5. The molecule has 1 fully saturated rings. The quantitative estimate of drug-likeness (QED) is 0.854. The van der Waals surface area contributed by atoms with Crippen LogP contribution in [0.5, 0.6) is 11.5 Å². The smallest absolute Gasteiger partial charge is 0.163 e. The van der Waals surface area contributed by atoms with Gasteiger partial charge in [0.2, 0.25) is 0 Å². The minimum atomic E-state index is 0.136. The summed E-state index contributed by atoms with van der Waals surface area (Å²) in [5.41, 5.74) is 1.35. The second kappa shape index (κ2) is 5.17. The predicted octanol–water partition coefficient (Wildman–Crippen LogP) is 2.42. The van der Waals surface area contributed by atoms with Gasteiger partial charge < -0.3 is 19.7 Å². The van der Waals surface area contributed by atoms with Gasteiger partial charge in [-0.3, -0.25) is 0 Å². The van der Waals surface area contributed by atoms with Crippen LogP contribution in [0.2, 0.25) is 0 Å². The van der Waals surface area contributed by atoms with E-state index in [1.165, 1.54) is 5.69 Å². The Hall–Kier alpha value is -1.42. The van der Waals surface area contributed by atoms with Crippen molar-refractivity contribution in [2.75, 3.05) is 31.2 Å². The van der Waals surface area contributed by atoms with Crippen molar-refractivity contribution < 1.29 is 9.47 Å². The molecule has 1 unspecified atom stereocenters. The minimum Gasteiger partial charge on any atom is -0.490 e. The summed E-state index contributed by atoms with van der Waals surface area (Å²) in [6.45, 7) is 10.2. The van der Waals surface area contributed by atoms with E-state index in [0.717, 1.165) is 44.2 Å². The molecule has 0 bridgehead atoms. The molecule has 2 aliphatic heterocycles. The SMILES string of the molecule is CC1CNC(C)(C)CN1c1ccc2c(c1)OCCCO2. The average Bonchev–Trinajstić information content (AvgIpc) is 2.66. The molecule has 1 saturated heterocycles. The summed E-state index contributed by atoms with van der Waals surface area (Å²) >= 11 is 0. The number of fused-ring (bicyclic) bond motifs is 1. The summed E-state index contributed by atoms with van der Waals surface area (Å²) in [4.78, 5) is 2.45. The molecule has 4 heteroatoms. The largest absolute Gasteiger partial charge is 0.490 e. The third-order valence-corrected chi connectivity index (χ3v) is 4.04. The van der Waals surface area contributed by atoms with Crippen molar-refractivity contribution in [2.45, 2.75) is 38.8 Å². The Balaban J connectivity index is 1.87. The molecule has 20 heavy (non-hydrogen) atoms. The van der Waals surface area contributed by atoms with Gasteiger partial charge >= 0.3 is 0 Å². The Morgan fingerprint density at radius 3 is 2.75 bits per heavy atom. The highest BCUT2D eigenvalue weighted by molar-refractivity contribution is 5.57. The molecule has 2 heterocycles. The van der Waals surface area contributed by atoms with Crippen LogP contribution >= 0.6 is 0 Å². The van der Waals surface area contributed by atoms with Gasteiger partial charge in [-0.25, -0.2) is 0 Å². The lowest BCUT2D eigenvalue weighted by Gasteiger charge is -2.44. The van der Waals surface area contributed by atoms with E-state index in [2.05, 4.69) is 43.1 Å². The molecule has 1 atom stereocenters. The highest BCUT2D eigenvalue weighted by Crippen LogP contribution is 2.35.